The second kappa shape index (κ2) is 8.15. The monoisotopic (exact) mass is 458 g/mol. The van der Waals surface area contributed by atoms with Crippen LogP contribution in [0.1, 0.15) is 63.9 Å². The third-order valence-corrected chi connectivity index (χ3v) is 7.17. The molecule has 0 radical (unpaired) electrons. The van der Waals surface area contributed by atoms with E-state index in [1.165, 1.54) is 5.56 Å². The Morgan fingerprint density at radius 2 is 1.94 bits per heavy atom. The number of nitrogens with zero attached hydrogens (tertiary/aromatic N) is 4. The number of nitrogen functional groups attached to an aromatic ring is 1. The molecule has 7 heteroatoms. The number of rotatable bonds is 7. The fourth-order valence-corrected chi connectivity index (χ4v) is 5.17. The van der Waals surface area contributed by atoms with Crippen LogP contribution in [0.2, 0.25) is 0 Å². The molecule has 178 valence electrons. The molecule has 1 aromatic heterocycles. The minimum absolute atomic E-state index is 0.0302. The molecule has 1 aliphatic carbocycles. The predicted octanol–water partition coefficient (Wildman–Crippen LogP) is 5.21. The average molecular weight is 459 g/mol. The van der Waals surface area contributed by atoms with Gasteiger partial charge in [0, 0.05) is 23.7 Å². The summed E-state index contributed by atoms with van der Waals surface area (Å²) in [6, 6.07) is 14.4. The third kappa shape index (κ3) is 3.73. The number of aromatic nitrogens is 2. The van der Waals surface area contributed by atoms with E-state index in [-0.39, 0.29) is 17.4 Å². The van der Waals surface area contributed by atoms with Crippen molar-refractivity contribution in [2.75, 3.05) is 4.90 Å². The van der Waals surface area contributed by atoms with Crippen LogP contribution in [0, 0.1) is 11.3 Å². The Hall–Kier alpha value is -3.35. The Morgan fingerprint density at radius 3 is 2.62 bits per heavy atom. The molecule has 5 rings (SSSR count). The van der Waals surface area contributed by atoms with Crippen molar-refractivity contribution in [3.63, 3.8) is 0 Å². The van der Waals surface area contributed by atoms with E-state index in [9.17, 15) is 4.79 Å². The highest BCUT2D eigenvalue weighted by atomic mass is 16.2. The lowest BCUT2D eigenvalue weighted by Gasteiger charge is -2.48. The van der Waals surface area contributed by atoms with Crippen LogP contribution < -0.4 is 10.6 Å². The Morgan fingerprint density at radius 1 is 1.21 bits per heavy atom. The molecule has 0 atom stereocenters. The molecular formula is C27H34N6O. The van der Waals surface area contributed by atoms with Gasteiger partial charge in [0.25, 0.3) is 0 Å². The molecule has 1 saturated carbocycles. The molecule has 3 N–H and O–H groups in total. The number of hydrogen-bond acceptors (Lipinski definition) is 3. The van der Waals surface area contributed by atoms with E-state index >= 15 is 0 Å². The average Bonchev–Trinajstić information content (AvgIpc) is 3.55. The number of para-hydroxylation sites is 1. The van der Waals surface area contributed by atoms with Crippen molar-refractivity contribution in [1.29, 1.82) is 5.41 Å². The number of nitrogens with one attached hydrogen (secondary N) is 1. The van der Waals surface area contributed by atoms with Crippen molar-refractivity contribution in [3.05, 3.63) is 59.4 Å². The minimum Gasteiger partial charge on any atom is -0.384 e. The van der Waals surface area contributed by atoms with Gasteiger partial charge >= 0.3 is 6.03 Å². The van der Waals surface area contributed by atoms with Gasteiger partial charge in [-0.1, -0.05) is 32.0 Å². The molecule has 0 unspecified atom stereocenters. The number of benzene rings is 2. The van der Waals surface area contributed by atoms with Crippen LogP contribution in [-0.2, 0) is 18.6 Å². The van der Waals surface area contributed by atoms with E-state index in [0.717, 1.165) is 48.4 Å². The molecule has 3 aromatic rings. The topological polar surface area (TPSA) is 91.2 Å². The van der Waals surface area contributed by atoms with Crippen molar-refractivity contribution in [3.8, 4) is 0 Å². The molecular weight excluding hydrogens is 424 g/mol. The maximum absolute atomic E-state index is 13.9. The van der Waals surface area contributed by atoms with E-state index in [4.69, 9.17) is 16.1 Å². The first-order valence-corrected chi connectivity index (χ1v) is 12.2. The zero-order valence-corrected chi connectivity index (χ0v) is 20.5. The summed E-state index contributed by atoms with van der Waals surface area (Å²) in [4.78, 5) is 22.8. The summed E-state index contributed by atoms with van der Waals surface area (Å²) in [5, 5.41) is 7.81. The Bertz CT molecular complexity index is 1270. The molecule has 2 amide bonds. The standard InChI is InChI=1S/C27H34N6O/c1-17(2)13-14-31-23-12-9-18(25(28)29)15-21(23)30-24(31)16-32-22-8-6-5-7-20(22)27(3,4)33(26(32)34)19-10-11-19/h5-9,12,15,17,19H,10-11,13-14,16H2,1-4H3,(H3,28,29). The number of fused-ring (bicyclic) bond motifs is 2. The summed E-state index contributed by atoms with van der Waals surface area (Å²) >= 11 is 0. The normalized spacial score (nSPS) is 17.5. The summed E-state index contributed by atoms with van der Waals surface area (Å²) in [7, 11) is 0. The maximum atomic E-state index is 13.9. The van der Waals surface area contributed by atoms with E-state index in [0.29, 0.717) is 24.1 Å². The first kappa shape index (κ1) is 22.4. The molecule has 0 saturated heterocycles. The zero-order valence-electron chi connectivity index (χ0n) is 20.5. The smallest absolute Gasteiger partial charge is 0.325 e. The number of carbonyl (C=O) groups is 1. The lowest BCUT2D eigenvalue weighted by molar-refractivity contribution is 0.126. The molecule has 0 spiro atoms. The van der Waals surface area contributed by atoms with Gasteiger partial charge in [0.15, 0.2) is 0 Å². The number of urea groups is 1. The van der Waals surface area contributed by atoms with Crippen LogP contribution in [0.5, 0.6) is 0 Å². The van der Waals surface area contributed by atoms with E-state index in [1.807, 2.05) is 35.2 Å². The highest BCUT2D eigenvalue weighted by Crippen LogP contribution is 2.46. The Balaban J connectivity index is 1.60. The molecule has 7 nitrogen and oxygen atoms in total. The van der Waals surface area contributed by atoms with Gasteiger partial charge in [0.1, 0.15) is 11.7 Å². The van der Waals surface area contributed by atoms with Gasteiger partial charge < -0.3 is 15.2 Å². The van der Waals surface area contributed by atoms with Crippen molar-refractivity contribution in [2.45, 2.75) is 71.6 Å². The number of amides is 2. The molecule has 1 aliphatic heterocycles. The molecule has 2 aliphatic rings. The number of amidine groups is 1. The van der Waals surface area contributed by atoms with Crippen LogP contribution in [0.15, 0.2) is 42.5 Å². The lowest BCUT2D eigenvalue weighted by Crippen LogP contribution is -2.57. The number of hydrogen-bond donors (Lipinski definition) is 2. The van der Waals surface area contributed by atoms with E-state index in [1.54, 1.807) is 0 Å². The quantitative estimate of drug-likeness (QED) is 0.376. The van der Waals surface area contributed by atoms with E-state index < -0.39 is 0 Å². The fraction of sp³-hybridized carbons (Fsp3) is 0.444. The summed E-state index contributed by atoms with van der Waals surface area (Å²) in [6.07, 6.45) is 3.14. The fourth-order valence-electron chi connectivity index (χ4n) is 5.17. The summed E-state index contributed by atoms with van der Waals surface area (Å²) < 4.78 is 2.23. The molecule has 1 fully saturated rings. The summed E-state index contributed by atoms with van der Waals surface area (Å²) in [5.41, 5.74) is 10.00. The van der Waals surface area contributed by atoms with Crippen LogP contribution in [0.25, 0.3) is 11.0 Å². The van der Waals surface area contributed by atoms with Crippen LogP contribution in [-0.4, -0.2) is 32.4 Å². The lowest BCUT2D eigenvalue weighted by atomic mass is 9.88. The van der Waals surface area contributed by atoms with Gasteiger partial charge in [-0.25, -0.2) is 9.78 Å². The molecule has 2 heterocycles. The summed E-state index contributed by atoms with van der Waals surface area (Å²) in [6.45, 7) is 9.96. The van der Waals surface area contributed by atoms with Crippen molar-refractivity contribution in [2.24, 2.45) is 11.7 Å². The third-order valence-electron chi connectivity index (χ3n) is 7.17. The Kier molecular flexibility index (Phi) is 5.38. The predicted molar refractivity (Wildman–Crippen MR) is 136 cm³/mol. The van der Waals surface area contributed by atoms with Crippen LogP contribution >= 0.6 is 0 Å². The number of imidazole rings is 1. The number of aryl methyl sites for hydroxylation is 1. The maximum Gasteiger partial charge on any atom is 0.325 e. The van der Waals surface area contributed by atoms with Gasteiger partial charge in [-0.05, 0) is 63.3 Å². The first-order chi connectivity index (χ1) is 16.2. The van der Waals surface area contributed by atoms with Gasteiger partial charge in [-0.3, -0.25) is 10.3 Å². The molecule has 2 aromatic carbocycles. The first-order valence-electron chi connectivity index (χ1n) is 12.2. The second-order valence-electron chi connectivity index (χ2n) is 10.5. The van der Waals surface area contributed by atoms with Crippen molar-refractivity contribution in [1.82, 2.24) is 14.5 Å². The highest BCUT2D eigenvalue weighted by molar-refractivity contribution is 5.98. The number of anilines is 1. The number of nitrogens with two attached hydrogens (primary N) is 1. The van der Waals surface area contributed by atoms with Crippen molar-refractivity contribution >= 4 is 28.6 Å². The summed E-state index contributed by atoms with van der Waals surface area (Å²) in [5.74, 6) is 1.43. The van der Waals surface area contributed by atoms with Crippen molar-refractivity contribution < 1.29 is 4.79 Å². The van der Waals surface area contributed by atoms with Crippen LogP contribution in [0.3, 0.4) is 0 Å². The molecule has 0 bridgehead atoms. The highest BCUT2D eigenvalue weighted by Gasteiger charge is 2.49. The zero-order chi connectivity index (χ0) is 24.2. The second-order valence-corrected chi connectivity index (χ2v) is 10.5. The van der Waals surface area contributed by atoms with E-state index in [2.05, 4.69) is 49.3 Å². The van der Waals surface area contributed by atoms with Gasteiger partial charge in [-0.15, -0.1) is 0 Å². The SMILES string of the molecule is CC(C)CCn1c(CN2C(=O)N(C3CC3)C(C)(C)c3ccccc32)nc2cc(C(=N)N)ccc21. The van der Waals surface area contributed by atoms with Gasteiger partial charge in [0.2, 0.25) is 0 Å². The van der Waals surface area contributed by atoms with Gasteiger partial charge in [0.05, 0.1) is 28.8 Å². The Labute approximate surface area is 201 Å². The van der Waals surface area contributed by atoms with Gasteiger partial charge in [-0.2, -0.15) is 0 Å². The van der Waals surface area contributed by atoms with Crippen LogP contribution in [0.4, 0.5) is 10.5 Å². The molecule has 34 heavy (non-hydrogen) atoms. The number of carbonyl (C=O) groups excluding carboxylic acids is 1. The largest absolute Gasteiger partial charge is 0.384 e. The minimum atomic E-state index is -0.348.